The fourth-order valence-corrected chi connectivity index (χ4v) is 2.70. The summed E-state index contributed by atoms with van der Waals surface area (Å²) in [5, 5.41) is 6.26. The summed E-state index contributed by atoms with van der Waals surface area (Å²) in [5.41, 5.74) is 2.91. The van der Waals surface area contributed by atoms with Gasteiger partial charge in [-0.05, 0) is 76.3 Å². The van der Waals surface area contributed by atoms with Crippen LogP contribution in [-0.2, 0) is 4.74 Å². The first kappa shape index (κ1) is 15.8. The summed E-state index contributed by atoms with van der Waals surface area (Å²) in [4.78, 5) is 11.9. The molecule has 1 atom stereocenters. The first-order valence-corrected chi connectivity index (χ1v) is 7.66. The lowest BCUT2D eigenvalue weighted by atomic mass is 9.88. The Morgan fingerprint density at radius 1 is 1.38 bits per heavy atom. The Kier molecular flexibility index (Phi) is 4.88. The van der Waals surface area contributed by atoms with Crippen molar-refractivity contribution in [2.75, 3.05) is 18.4 Å². The minimum Gasteiger partial charge on any atom is -0.444 e. The van der Waals surface area contributed by atoms with E-state index in [1.165, 1.54) is 24.0 Å². The van der Waals surface area contributed by atoms with Crippen LogP contribution >= 0.6 is 0 Å². The van der Waals surface area contributed by atoms with Crippen molar-refractivity contribution in [3.05, 3.63) is 29.3 Å². The fraction of sp³-hybridized carbons (Fsp3) is 0.588. The van der Waals surface area contributed by atoms with E-state index in [0.29, 0.717) is 5.92 Å². The van der Waals surface area contributed by atoms with Gasteiger partial charge in [0.25, 0.3) is 0 Å². The van der Waals surface area contributed by atoms with Gasteiger partial charge in [0, 0.05) is 12.2 Å². The van der Waals surface area contributed by atoms with E-state index in [1.54, 1.807) is 0 Å². The number of carbonyl (C=O) groups excluding carboxylic acids is 1. The first-order chi connectivity index (χ1) is 9.85. The Balaban J connectivity index is 2.09. The number of nitrogens with one attached hydrogen (secondary N) is 2. The molecule has 21 heavy (non-hydrogen) atoms. The summed E-state index contributed by atoms with van der Waals surface area (Å²) in [7, 11) is 0. The zero-order chi connectivity index (χ0) is 15.5. The Hall–Kier alpha value is -1.55. The second kappa shape index (κ2) is 6.48. The molecule has 0 bridgehead atoms. The largest absolute Gasteiger partial charge is 0.444 e. The van der Waals surface area contributed by atoms with Crippen LogP contribution in [0, 0.1) is 6.92 Å². The summed E-state index contributed by atoms with van der Waals surface area (Å²) in [6.07, 6.45) is 2.00. The van der Waals surface area contributed by atoms with Crippen LogP contribution < -0.4 is 10.6 Å². The van der Waals surface area contributed by atoms with E-state index in [0.717, 1.165) is 18.8 Å². The van der Waals surface area contributed by atoms with Gasteiger partial charge >= 0.3 is 6.09 Å². The van der Waals surface area contributed by atoms with Crippen LogP contribution in [0.5, 0.6) is 0 Å². The molecule has 1 aromatic carbocycles. The number of hydrogen-bond donors (Lipinski definition) is 2. The van der Waals surface area contributed by atoms with E-state index in [4.69, 9.17) is 4.74 Å². The van der Waals surface area contributed by atoms with Crippen molar-refractivity contribution < 1.29 is 9.53 Å². The average molecular weight is 290 g/mol. The van der Waals surface area contributed by atoms with Gasteiger partial charge in [0.15, 0.2) is 0 Å². The van der Waals surface area contributed by atoms with Crippen LogP contribution in [0.15, 0.2) is 18.2 Å². The molecule has 1 aliphatic rings. The predicted molar refractivity (Wildman–Crippen MR) is 85.9 cm³/mol. The highest BCUT2D eigenvalue weighted by molar-refractivity contribution is 5.85. The van der Waals surface area contributed by atoms with E-state index in [9.17, 15) is 4.79 Å². The maximum absolute atomic E-state index is 11.9. The molecule has 0 saturated carbocycles. The van der Waals surface area contributed by atoms with Gasteiger partial charge in [-0.3, -0.25) is 5.32 Å². The van der Waals surface area contributed by atoms with Crippen molar-refractivity contribution in [1.29, 1.82) is 0 Å². The lowest BCUT2D eigenvalue weighted by Gasteiger charge is -2.25. The quantitative estimate of drug-likeness (QED) is 0.871. The maximum atomic E-state index is 11.9. The second-order valence-electron chi connectivity index (χ2n) is 6.74. The summed E-state index contributed by atoms with van der Waals surface area (Å²) < 4.78 is 5.29. The van der Waals surface area contributed by atoms with E-state index in [-0.39, 0.29) is 0 Å². The van der Waals surface area contributed by atoms with Crippen LogP contribution in [0.4, 0.5) is 10.5 Å². The molecule has 1 fully saturated rings. The smallest absolute Gasteiger partial charge is 0.412 e. The minimum absolute atomic E-state index is 0.404. The van der Waals surface area contributed by atoms with Crippen molar-refractivity contribution in [1.82, 2.24) is 5.32 Å². The number of anilines is 1. The summed E-state index contributed by atoms with van der Waals surface area (Å²) in [6.45, 7) is 9.83. The molecule has 1 unspecified atom stereocenters. The number of benzene rings is 1. The molecule has 0 aromatic heterocycles. The highest BCUT2D eigenvalue weighted by atomic mass is 16.6. The number of ether oxygens (including phenoxy) is 1. The van der Waals surface area contributed by atoms with Crippen molar-refractivity contribution in [3.63, 3.8) is 0 Å². The Morgan fingerprint density at radius 3 is 2.76 bits per heavy atom. The van der Waals surface area contributed by atoms with Gasteiger partial charge in [-0.1, -0.05) is 6.07 Å². The number of carbonyl (C=O) groups is 1. The molecule has 4 heteroatoms. The molecule has 1 aliphatic heterocycles. The number of amides is 1. The zero-order valence-corrected chi connectivity index (χ0v) is 13.5. The highest BCUT2D eigenvalue weighted by Crippen LogP contribution is 2.28. The highest BCUT2D eigenvalue weighted by Gasteiger charge is 2.19. The van der Waals surface area contributed by atoms with Gasteiger partial charge in [0.2, 0.25) is 0 Å². The predicted octanol–water partition coefficient (Wildman–Crippen LogP) is 3.81. The van der Waals surface area contributed by atoms with Crippen LogP contribution in [-0.4, -0.2) is 24.8 Å². The zero-order valence-electron chi connectivity index (χ0n) is 13.5. The number of hydrogen-bond acceptors (Lipinski definition) is 3. The first-order valence-electron chi connectivity index (χ1n) is 7.66. The molecule has 0 radical (unpaired) electrons. The van der Waals surface area contributed by atoms with Gasteiger partial charge < -0.3 is 10.1 Å². The van der Waals surface area contributed by atoms with Crippen molar-refractivity contribution in [2.45, 2.75) is 52.1 Å². The lowest BCUT2D eigenvalue weighted by Crippen LogP contribution is -2.29. The number of aryl methyl sites for hydroxylation is 1. The summed E-state index contributed by atoms with van der Waals surface area (Å²) in [6, 6.07) is 6.08. The molecule has 4 nitrogen and oxygen atoms in total. The van der Waals surface area contributed by atoms with Crippen molar-refractivity contribution in [3.8, 4) is 0 Å². The molecular formula is C17H26N2O2. The molecule has 1 aromatic rings. The summed E-state index contributed by atoms with van der Waals surface area (Å²) >= 11 is 0. The van der Waals surface area contributed by atoms with Crippen molar-refractivity contribution >= 4 is 11.8 Å². The topological polar surface area (TPSA) is 50.4 Å². The third kappa shape index (κ3) is 4.74. The van der Waals surface area contributed by atoms with Crippen LogP contribution in [0.2, 0.25) is 0 Å². The maximum Gasteiger partial charge on any atom is 0.412 e. The van der Waals surface area contributed by atoms with Gasteiger partial charge in [-0.25, -0.2) is 4.79 Å². The second-order valence-corrected chi connectivity index (χ2v) is 6.74. The van der Waals surface area contributed by atoms with E-state index < -0.39 is 11.7 Å². The van der Waals surface area contributed by atoms with Crippen LogP contribution in [0.1, 0.15) is 50.7 Å². The minimum atomic E-state index is -0.481. The van der Waals surface area contributed by atoms with Gasteiger partial charge in [-0.15, -0.1) is 0 Å². The molecule has 0 spiro atoms. The molecule has 0 aliphatic carbocycles. The van der Waals surface area contributed by atoms with Crippen LogP contribution in [0.3, 0.4) is 0 Å². The van der Waals surface area contributed by atoms with E-state index in [2.05, 4.69) is 29.7 Å². The van der Waals surface area contributed by atoms with Crippen LogP contribution in [0.25, 0.3) is 0 Å². The number of piperidine rings is 1. The third-order valence-corrected chi connectivity index (χ3v) is 3.66. The van der Waals surface area contributed by atoms with Gasteiger partial charge in [0.1, 0.15) is 5.60 Å². The van der Waals surface area contributed by atoms with E-state index in [1.807, 2.05) is 26.8 Å². The third-order valence-electron chi connectivity index (χ3n) is 3.66. The Bertz CT molecular complexity index is 500. The average Bonchev–Trinajstić information content (AvgIpc) is 2.40. The van der Waals surface area contributed by atoms with Gasteiger partial charge in [-0.2, -0.15) is 0 Å². The fourth-order valence-electron chi connectivity index (χ4n) is 2.70. The molecule has 2 rings (SSSR count). The molecule has 116 valence electrons. The molecule has 1 amide bonds. The SMILES string of the molecule is Cc1ccc(NC(=O)OC(C)(C)C)cc1C1CCCNC1. The summed E-state index contributed by atoms with van der Waals surface area (Å²) in [5.74, 6) is 0.527. The standard InChI is InChI=1S/C17H26N2O2/c1-12-7-8-14(19-16(20)21-17(2,3)4)10-15(12)13-6-5-9-18-11-13/h7-8,10,13,18H,5-6,9,11H2,1-4H3,(H,19,20). The van der Waals surface area contributed by atoms with E-state index >= 15 is 0 Å². The number of rotatable bonds is 2. The normalized spacial score (nSPS) is 19.1. The molecule has 1 saturated heterocycles. The lowest BCUT2D eigenvalue weighted by molar-refractivity contribution is 0.0636. The van der Waals surface area contributed by atoms with Gasteiger partial charge in [0.05, 0.1) is 0 Å². The monoisotopic (exact) mass is 290 g/mol. The van der Waals surface area contributed by atoms with Crippen molar-refractivity contribution in [2.24, 2.45) is 0 Å². The Labute approximate surface area is 127 Å². The Morgan fingerprint density at radius 2 is 2.14 bits per heavy atom. The molecule has 2 N–H and O–H groups in total. The molecular weight excluding hydrogens is 264 g/mol. The molecule has 1 heterocycles.